The van der Waals surface area contributed by atoms with E-state index < -0.39 is 18.0 Å². The van der Waals surface area contributed by atoms with Gasteiger partial charge in [0.15, 0.2) is 0 Å². The zero-order valence-electron chi connectivity index (χ0n) is 14.6. The van der Waals surface area contributed by atoms with Gasteiger partial charge in [0.05, 0.1) is 32.4 Å². The van der Waals surface area contributed by atoms with E-state index in [4.69, 9.17) is 14.6 Å². The maximum absolute atomic E-state index is 12.4. The number of aliphatic hydroxyl groups is 1. The number of nitrogens with zero attached hydrogens (tertiary/aromatic N) is 1. The molecule has 0 spiro atoms. The van der Waals surface area contributed by atoms with Crippen LogP contribution in [0.3, 0.4) is 0 Å². The molecule has 0 unspecified atom stereocenters. The van der Waals surface area contributed by atoms with Crippen molar-refractivity contribution in [2.24, 2.45) is 0 Å². The third-order valence-corrected chi connectivity index (χ3v) is 3.63. The zero-order chi connectivity index (χ0) is 19.1. The molecule has 0 aliphatic carbocycles. The topological polar surface area (TPSA) is 117 Å². The molecule has 9 nitrogen and oxygen atoms in total. The number of β-amino-alcohol motifs (C(OH)–C–C–N with tert-alkyl or cyclic N) is 1. The highest BCUT2D eigenvalue weighted by atomic mass is 16.5. The van der Waals surface area contributed by atoms with Crippen LogP contribution in [-0.2, 0) is 19.1 Å². The third-order valence-electron chi connectivity index (χ3n) is 3.63. The van der Waals surface area contributed by atoms with Crippen molar-refractivity contribution in [3.05, 3.63) is 35.5 Å². The molecule has 2 amide bonds. The number of aliphatic hydroxyl groups excluding tert-OH is 1. The van der Waals surface area contributed by atoms with Crippen LogP contribution in [0.4, 0.5) is 16.2 Å². The first-order valence-electron chi connectivity index (χ1n) is 8.02. The summed E-state index contributed by atoms with van der Waals surface area (Å²) in [5, 5.41) is 14.5. The van der Waals surface area contributed by atoms with Gasteiger partial charge in [-0.3, -0.25) is 10.1 Å². The van der Waals surface area contributed by atoms with Gasteiger partial charge in [-0.25, -0.2) is 9.59 Å². The van der Waals surface area contributed by atoms with Gasteiger partial charge in [0.2, 0.25) is 0 Å². The predicted molar refractivity (Wildman–Crippen MR) is 93.4 cm³/mol. The highest BCUT2D eigenvalue weighted by Crippen LogP contribution is 2.23. The first-order valence-corrected chi connectivity index (χ1v) is 8.02. The number of methoxy groups -OCH3 is 1. The Kier molecular flexibility index (Phi) is 6.56. The summed E-state index contributed by atoms with van der Waals surface area (Å²) in [7, 11) is 1.24. The SMILES string of the molecule is CCOC(=O)Nc1ccc(NC2=C(C(=O)OC)CN(CCO)C2=O)cc1. The Morgan fingerprint density at radius 3 is 2.46 bits per heavy atom. The highest BCUT2D eigenvalue weighted by molar-refractivity contribution is 6.08. The molecule has 1 heterocycles. The number of carbonyl (C=O) groups excluding carboxylic acids is 3. The first kappa shape index (κ1) is 19.3. The van der Waals surface area contributed by atoms with E-state index in [0.29, 0.717) is 11.4 Å². The van der Waals surface area contributed by atoms with Gasteiger partial charge in [-0.15, -0.1) is 0 Å². The van der Waals surface area contributed by atoms with Crippen molar-refractivity contribution < 1.29 is 29.0 Å². The van der Waals surface area contributed by atoms with Gasteiger partial charge in [-0.2, -0.15) is 0 Å². The van der Waals surface area contributed by atoms with Crippen LogP contribution in [0, 0.1) is 0 Å². The van der Waals surface area contributed by atoms with Crippen LogP contribution in [0.2, 0.25) is 0 Å². The number of hydrogen-bond donors (Lipinski definition) is 3. The van der Waals surface area contributed by atoms with E-state index in [-0.39, 0.29) is 37.6 Å². The van der Waals surface area contributed by atoms with Crippen molar-refractivity contribution in [1.29, 1.82) is 0 Å². The summed E-state index contributed by atoms with van der Waals surface area (Å²) >= 11 is 0. The molecular weight excluding hydrogens is 342 g/mol. The predicted octanol–water partition coefficient (Wildman–Crippen LogP) is 0.928. The average Bonchev–Trinajstić information content (AvgIpc) is 2.93. The van der Waals surface area contributed by atoms with E-state index in [2.05, 4.69) is 10.6 Å². The Balaban J connectivity index is 2.14. The Labute approximate surface area is 150 Å². The molecule has 0 fully saturated rings. The molecule has 1 aromatic carbocycles. The lowest BCUT2D eigenvalue weighted by atomic mass is 10.2. The number of rotatable bonds is 7. The van der Waals surface area contributed by atoms with Crippen LogP contribution in [-0.4, -0.2) is 61.4 Å². The summed E-state index contributed by atoms with van der Waals surface area (Å²) in [6.45, 7) is 1.95. The standard InChI is InChI=1S/C17H21N3O6/c1-3-26-17(24)19-12-6-4-11(5-7-12)18-14-13(16(23)25-2)10-20(8-9-21)15(14)22/h4-7,18,21H,3,8-10H2,1-2H3,(H,19,24). The number of hydrogen-bond acceptors (Lipinski definition) is 7. The van der Waals surface area contributed by atoms with Crippen molar-refractivity contribution in [2.45, 2.75) is 6.92 Å². The molecule has 3 N–H and O–H groups in total. The number of esters is 1. The molecule has 2 rings (SSSR count). The summed E-state index contributed by atoms with van der Waals surface area (Å²) in [5.41, 5.74) is 1.38. The zero-order valence-corrected chi connectivity index (χ0v) is 14.6. The van der Waals surface area contributed by atoms with Crippen molar-refractivity contribution in [2.75, 3.05) is 44.0 Å². The molecule has 9 heteroatoms. The Morgan fingerprint density at radius 1 is 1.23 bits per heavy atom. The monoisotopic (exact) mass is 363 g/mol. The molecule has 1 aliphatic rings. The number of ether oxygens (including phenoxy) is 2. The van der Waals surface area contributed by atoms with Crippen LogP contribution in [0.1, 0.15) is 6.92 Å². The number of anilines is 2. The van der Waals surface area contributed by atoms with Gasteiger partial charge in [0.25, 0.3) is 5.91 Å². The van der Waals surface area contributed by atoms with Crippen LogP contribution >= 0.6 is 0 Å². The molecule has 0 saturated heterocycles. The molecule has 0 aromatic heterocycles. The summed E-state index contributed by atoms with van der Waals surface area (Å²) < 4.78 is 9.51. The maximum atomic E-state index is 12.4. The molecule has 0 atom stereocenters. The van der Waals surface area contributed by atoms with Crippen LogP contribution in [0.5, 0.6) is 0 Å². The largest absolute Gasteiger partial charge is 0.466 e. The minimum atomic E-state index is -0.609. The lowest BCUT2D eigenvalue weighted by Crippen LogP contribution is -2.31. The summed E-state index contributed by atoms with van der Waals surface area (Å²) in [6, 6.07) is 6.54. The average molecular weight is 363 g/mol. The van der Waals surface area contributed by atoms with Gasteiger partial charge in [-0.1, -0.05) is 0 Å². The second-order valence-electron chi connectivity index (χ2n) is 5.34. The molecule has 0 bridgehead atoms. The van der Waals surface area contributed by atoms with Crippen LogP contribution < -0.4 is 10.6 Å². The summed E-state index contributed by atoms with van der Waals surface area (Å²) in [6.07, 6.45) is -0.561. The van der Waals surface area contributed by atoms with E-state index >= 15 is 0 Å². The summed E-state index contributed by atoms with van der Waals surface area (Å²) in [5.74, 6) is -1.00. The molecule has 1 aliphatic heterocycles. The molecule has 26 heavy (non-hydrogen) atoms. The molecule has 1 aromatic rings. The van der Waals surface area contributed by atoms with E-state index in [1.807, 2.05) is 0 Å². The number of amides is 2. The molecular formula is C17H21N3O6. The van der Waals surface area contributed by atoms with Gasteiger partial charge in [-0.05, 0) is 31.2 Å². The van der Waals surface area contributed by atoms with Crippen molar-refractivity contribution in [3.63, 3.8) is 0 Å². The van der Waals surface area contributed by atoms with Gasteiger partial charge >= 0.3 is 12.1 Å². The molecule has 0 saturated carbocycles. The fraction of sp³-hybridized carbons (Fsp3) is 0.353. The molecule has 140 valence electrons. The highest BCUT2D eigenvalue weighted by Gasteiger charge is 2.34. The van der Waals surface area contributed by atoms with E-state index in [1.54, 1.807) is 31.2 Å². The smallest absolute Gasteiger partial charge is 0.411 e. The van der Waals surface area contributed by atoms with Crippen LogP contribution in [0.15, 0.2) is 35.5 Å². The number of benzene rings is 1. The van der Waals surface area contributed by atoms with Gasteiger partial charge in [0, 0.05) is 17.9 Å². The Morgan fingerprint density at radius 2 is 1.88 bits per heavy atom. The normalized spacial score (nSPS) is 13.7. The van der Waals surface area contributed by atoms with Gasteiger partial charge in [0.1, 0.15) is 5.70 Å². The minimum absolute atomic E-state index is 0.0664. The van der Waals surface area contributed by atoms with E-state index in [9.17, 15) is 14.4 Å². The van der Waals surface area contributed by atoms with Gasteiger partial charge < -0.3 is 24.8 Å². The van der Waals surface area contributed by atoms with Crippen LogP contribution in [0.25, 0.3) is 0 Å². The lowest BCUT2D eigenvalue weighted by Gasteiger charge is -2.15. The van der Waals surface area contributed by atoms with Crippen molar-refractivity contribution >= 4 is 29.3 Å². The Hall–Kier alpha value is -3.07. The second kappa shape index (κ2) is 8.86. The van der Waals surface area contributed by atoms with E-state index in [0.717, 1.165) is 0 Å². The van der Waals surface area contributed by atoms with Crippen molar-refractivity contribution in [3.8, 4) is 0 Å². The fourth-order valence-corrected chi connectivity index (χ4v) is 2.42. The second-order valence-corrected chi connectivity index (χ2v) is 5.34. The lowest BCUT2D eigenvalue weighted by molar-refractivity contribution is -0.136. The summed E-state index contributed by atoms with van der Waals surface area (Å²) in [4.78, 5) is 37.1. The maximum Gasteiger partial charge on any atom is 0.411 e. The quantitative estimate of drug-likeness (QED) is 0.617. The number of carbonyl (C=O) groups is 3. The Bertz CT molecular complexity index is 714. The fourth-order valence-electron chi connectivity index (χ4n) is 2.42. The third kappa shape index (κ3) is 4.51. The minimum Gasteiger partial charge on any atom is -0.466 e. The first-order chi connectivity index (χ1) is 12.5. The van der Waals surface area contributed by atoms with E-state index in [1.165, 1.54) is 12.0 Å². The van der Waals surface area contributed by atoms with Crippen molar-refractivity contribution in [1.82, 2.24) is 4.90 Å². The molecule has 0 radical (unpaired) electrons. The number of nitrogens with one attached hydrogen (secondary N) is 2.